The Morgan fingerprint density at radius 2 is 2.00 bits per heavy atom. The molecule has 0 aromatic carbocycles. The number of nitrogens with one attached hydrogen (secondary N) is 1. The molecule has 1 saturated carbocycles. The molecule has 2 fully saturated rings. The van der Waals surface area contributed by atoms with Crippen LogP contribution in [0.1, 0.15) is 32.6 Å². The van der Waals surface area contributed by atoms with Gasteiger partial charge in [0.05, 0.1) is 19.1 Å². The second kappa shape index (κ2) is 9.85. The number of carbonyl (C=O) groups is 1. The van der Waals surface area contributed by atoms with Crippen LogP contribution in [-0.4, -0.2) is 55.7 Å². The standard InChI is InChI=1S/C14H27N3O2.2ClH/c1-14(15)5-3-2-4-12(14)13(18)16-6-7-17-8-10-19-11-9-17;;/h12H,2-11,15H2,1H3,(H,16,18);2*1H. The minimum atomic E-state index is -0.332. The lowest BCUT2D eigenvalue weighted by Gasteiger charge is -2.37. The van der Waals surface area contributed by atoms with Crippen molar-refractivity contribution >= 4 is 30.7 Å². The molecule has 3 N–H and O–H groups in total. The maximum Gasteiger partial charge on any atom is 0.225 e. The average molecular weight is 342 g/mol. The van der Waals surface area contributed by atoms with E-state index in [1.807, 2.05) is 6.92 Å². The molecule has 21 heavy (non-hydrogen) atoms. The molecule has 2 atom stereocenters. The molecule has 5 nitrogen and oxygen atoms in total. The van der Waals surface area contributed by atoms with E-state index in [0.29, 0.717) is 6.54 Å². The molecule has 0 aromatic heterocycles. The molecule has 0 bridgehead atoms. The third-order valence-electron chi connectivity index (χ3n) is 4.40. The van der Waals surface area contributed by atoms with Crippen LogP contribution in [0.2, 0.25) is 0 Å². The van der Waals surface area contributed by atoms with Crippen LogP contribution >= 0.6 is 24.8 Å². The molecule has 1 heterocycles. The number of hydrogen-bond donors (Lipinski definition) is 2. The monoisotopic (exact) mass is 341 g/mol. The van der Waals surface area contributed by atoms with Crippen molar-refractivity contribution < 1.29 is 9.53 Å². The fraction of sp³-hybridized carbons (Fsp3) is 0.929. The first-order valence-corrected chi connectivity index (χ1v) is 7.46. The predicted molar refractivity (Wildman–Crippen MR) is 89.3 cm³/mol. The molecule has 1 saturated heterocycles. The van der Waals surface area contributed by atoms with Gasteiger partial charge in [-0.05, 0) is 19.8 Å². The second-order valence-electron chi connectivity index (χ2n) is 6.05. The highest BCUT2D eigenvalue weighted by Crippen LogP contribution is 2.31. The second-order valence-corrected chi connectivity index (χ2v) is 6.05. The molecule has 1 aliphatic heterocycles. The summed E-state index contributed by atoms with van der Waals surface area (Å²) in [6, 6.07) is 0. The number of rotatable bonds is 4. The maximum atomic E-state index is 12.2. The molecule has 0 aromatic rings. The average Bonchev–Trinajstić information content (AvgIpc) is 2.39. The zero-order valence-electron chi connectivity index (χ0n) is 12.8. The van der Waals surface area contributed by atoms with Gasteiger partial charge >= 0.3 is 0 Å². The number of nitrogens with two attached hydrogens (primary N) is 1. The van der Waals surface area contributed by atoms with Crippen molar-refractivity contribution in [1.82, 2.24) is 10.2 Å². The molecule has 2 aliphatic rings. The lowest BCUT2D eigenvalue weighted by Crippen LogP contribution is -2.53. The quantitative estimate of drug-likeness (QED) is 0.805. The largest absolute Gasteiger partial charge is 0.379 e. The smallest absolute Gasteiger partial charge is 0.225 e. The van der Waals surface area contributed by atoms with E-state index >= 15 is 0 Å². The fourth-order valence-electron chi connectivity index (χ4n) is 3.07. The van der Waals surface area contributed by atoms with Crippen molar-refractivity contribution in [3.63, 3.8) is 0 Å². The van der Waals surface area contributed by atoms with Gasteiger partial charge in [0.2, 0.25) is 5.91 Å². The van der Waals surface area contributed by atoms with Crippen LogP contribution in [0.4, 0.5) is 0 Å². The Morgan fingerprint density at radius 3 is 2.62 bits per heavy atom. The lowest BCUT2D eigenvalue weighted by molar-refractivity contribution is -0.128. The van der Waals surface area contributed by atoms with Gasteiger partial charge in [0, 0.05) is 31.7 Å². The fourth-order valence-corrected chi connectivity index (χ4v) is 3.07. The van der Waals surface area contributed by atoms with E-state index in [4.69, 9.17) is 10.5 Å². The molecular weight excluding hydrogens is 313 g/mol. The molecule has 2 unspecified atom stereocenters. The Hall–Kier alpha value is -0.0700. The van der Waals surface area contributed by atoms with Crippen LogP contribution < -0.4 is 11.1 Å². The molecule has 1 aliphatic carbocycles. The minimum absolute atomic E-state index is 0. The van der Waals surface area contributed by atoms with E-state index in [1.165, 1.54) is 0 Å². The highest BCUT2D eigenvalue weighted by atomic mass is 35.5. The van der Waals surface area contributed by atoms with Gasteiger partial charge in [-0.1, -0.05) is 12.8 Å². The van der Waals surface area contributed by atoms with Crippen LogP contribution in [0.3, 0.4) is 0 Å². The van der Waals surface area contributed by atoms with Crippen molar-refractivity contribution in [2.75, 3.05) is 39.4 Å². The molecule has 2 rings (SSSR count). The summed E-state index contributed by atoms with van der Waals surface area (Å²) in [4.78, 5) is 14.5. The number of morpholine rings is 1. The van der Waals surface area contributed by atoms with Crippen LogP contribution in [0.5, 0.6) is 0 Å². The first-order chi connectivity index (χ1) is 9.09. The highest BCUT2D eigenvalue weighted by molar-refractivity contribution is 5.85. The summed E-state index contributed by atoms with van der Waals surface area (Å²) in [6.07, 6.45) is 4.14. The molecule has 126 valence electrons. The number of carbonyl (C=O) groups excluding carboxylic acids is 1. The maximum absolute atomic E-state index is 12.2. The van der Waals surface area contributed by atoms with Gasteiger partial charge in [0.1, 0.15) is 0 Å². The Labute approximate surface area is 140 Å². The normalized spacial score (nSPS) is 29.9. The van der Waals surface area contributed by atoms with Crippen molar-refractivity contribution in [1.29, 1.82) is 0 Å². The Balaban J connectivity index is 0.00000200. The number of ether oxygens (including phenoxy) is 1. The topological polar surface area (TPSA) is 67.6 Å². The van der Waals surface area contributed by atoms with E-state index < -0.39 is 0 Å². The molecular formula is C14H29Cl2N3O2. The van der Waals surface area contributed by atoms with E-state index in [0.717, 1.165) is 58.5 Å². The van der Waals surface area contributed by atoms with Gasteiger partial charge in [-0.25, -0.2) is 0 Å². The third kappa shape index (κ3) is 6.28. The predicted octanol–water partition coefficient (Wildman–Crippen LogP) is 1.19. The summed E-state index contributed by atoms with van der Waals surface area (Å²) < 4.78 is 5.30. The SMILES string of the molecule is CC1(N)CCCCC1C(=O)NCCN1CCOCC1.Cl.Cl. The summed E-state index contributed by atoms with van der Waals surface area (Å²) in [5.74, 6) is 0.115. The molecule has 7 heteroatoms. The third-order valence-corrected chi connectivity index (χ3v) is 4.40. The number of amides is 1. The van der Waals surface area contributed by atoms with Gasteiger partial charge in [-0.2, -0.15) is 0 Å². The van der Waals surface area contributed by atoms with Gasteiger partial charge in [-0.3, -0.25) is 9.69 Å². The summed E-state index contributed by atoms with van der Waals surface area (Å²) in [5.41, 5.74) is 5.92. The van der Waals surface area contributed by atoms with E-state index in [9.17, 15) is 4.79 Å². The molecule has 1 amide bonds. The van der Waals surface area contributed by atoms with Gasteiger partial charge in [0.25, 0.3) is 0 Å². The summed E-state index contributed by atoms with van der Waals surface area (Å²) in [6.45, 7) is 7.17. The molecule has 0 spiro atoms. The Morgan fingerprint density at radius 1 is 1.33 bits per heavy atom. The van der Waals surface area contributed by atoms with Crippen LogP contribution in [0.15, 0.2) is 0 Å². The summed E-state index contributed by atoms with van der Waals surface area (Å²) >= 11 is 0. The van der Waals surface area contributed by atoms with Crippen molar-refractivity contribution in [2.45, 2.75) is 38.1 Å². The first kappa shape index (κ1) is 20.9. The first-order valence-electron chi connectivity index (χ1n) is 7.46. The summed E-state index contributed by atoms with van der Waals surface area (Å²) in [5, 5.41) is 3.05. The number of halogens is 2. The minimum Gasteiger partial charge on any atom is -0.379 e. The molecule has 0 radical (unpaired) electrons. The van der Waals surface area contributed by atoms with E-state index in [-0.39, 0.29) is 42.2 Å². The zero-order valence-corrected chi connectivity index (χ0v) is 14.4. The van der Waals surface area contributed by atoms with E-state index in [2.05, 4.69) is 10.2 Å². The lowest BCUT2D eigenvalue weighted by atomic mass is 9.74. The number of hydrogen-bond acceptors (Lipinski definition) is 4. The van der Waals surface area contributed by atoms with Crippen molar-refractivity contribution in [2.24, 2.45) is 11.7 Å². The highest BCUT2D eigenvalue weighted by Gasteiger charge is 2.37. The van der Waals surface area contributed by atoms with Gasteiger partial charge in [0.15, 0.2) is 0 Å². The van der Waals surface area contributed by atoms with Gasteiger partial charge < -0.3 is 15.8 Å². The van der Waals surface area contributed by atoms with Crippen LogP contribution in [0.25, 0.3) is 0 Å². The van der Waals surface area contributed by atoms with E-state index in [1.54, 1.807) is 0 Å². The number of nitrogens with zero attached hydrogens (tertiary/aromatic N) is 1. The zero-order chi connectivity index (χ0) is 13.7. The summed E-state index contributed by atoms with van der Waals surface area (Å²) in [7, 11) is 0. The Bertz CT molecular complexity index is 311. The van der Waals surface area contributed by atoms with Crippen molar-refractivity contribution in [3.8, 4) is 0 Å². The van der Waals surface area contributed by atoms with Crippen LogP contribution in [0, 0.1) is 5.92 Å². The van der Waals surface area contributed by atoms with Gasteiger partial charge in [-0.15, -0.1) is 24.8 Å². The Kier molecular flexibility index (Phi) is 9.81. The van der Waals surface area contributed by atoms with Crippen molar-refractivity contribution in [3.05, 3.63) is 0 Å². The van der Waals surface area contributed by atoms with Crippen LogP contribution in [-0.2, 0) is 9.53 Å².